The number of H-pyrrole nitrogens is 1. The smallest absolute Gasteiger partial charge is 0.249 e. The fraction of sp³-hybridized carbons (Fsp3) is 0.412. The predicted molar refractivity (Wildman–Crippen MR) is 87.6 cm³/mol. The molecule has 3 N–H and O–H groups in total. The zero-order valence-corrected chi connectivity index (χ0v) is 13.5. The molecule has 0 unspecified atom stereocenters. The number of nitrogens with two attached hydrogens (primary N) is 1. The Morgan fingerprint density at radius 2 is 2.22 bits per heavy atom. The Balaban J connectivity index is 1.96. The molecule has 6 heteroatoms. The van der Waals surface area contributed by atoms with Crippen molar-refractivity contribution in [3.05, 3.63) is 46.8 Å². The van der Waals surface area contributed by atoms with Crippen molar-refractivity contribution in [3.63, 3.8) is 0 Å². The van der Waals surface area contributed by atoms with Crippen LogP contribution in [0.5, 0.6) is 0 Å². The highest BCUT2D eigenvalue weighted by Crippen LogP contribution is 2.39. The van der Waals surface area contributed by atoms with E-state index < -0.39 is 5.91 Å². The van der Waals surface area contributed by atoms with Gasteiger partial charge in [0.15, 0.2) is 5.82 Å². The van der Waals surface area contributed by atoms with Gasteiger partial charge in [0.25, 0.3) is 0 Å². The predicted octanol–water partition coefficient (Wildman–Crippen LogP) is 2.48. The zero-order valence-electron chi connectivity index (χ0n) is 13.5. The fourth-order valence-electron chi connectivity index (χ4n) is 2.95. The second kappa shape index (κ2) is 5.95. The molecule has 3 rings (SSSR count). The molecule has 0 spiro atoms. The summed E-state index contributed by atoms with van der Waals surface area (Å²) < 4.78 is 0. The van der Waals surface area contributed by atoms with Crippen molar-refractivity contribution < 1.29 is 4.79 Å². The average Bonchev–Trinajstić information content (AvgIpc) is 3.00. The maximum Gasteiger partial charge on any atom is 0.249 e. The van der Waals surface area contributed by atoms with E-state index in [1.165, 1.54) is 5.57 Å². The van der Waals surface area contributed by atoms with Gasteiger partial charge in [-0.25, -0.2) is 5.10 Å². The zero-order chi connectivity index (χ0) is 16.4. The molecule has 0 fully saturated rings. The first-order valence-electron chi connectivity index (χ1n) is 7.79. The Hall–Kier alpha value is -2.50. The number of primary amides is 1. The minimum atomic E-state index is -0.390. The highest BCUT2D eigenvalue weighted by Gasteiger charge is 2.24. The van der Waals surface area contributed by atoms with Gasteiger partial charge in [0.1, 0.15) is 0 Å². The standard InChI is InChI=1S/C17H21N5O/c1-17(2)7-5-12(6-8-17)14-9-11(3-4-13(14)16(18)23)10-15-19-21-22-20-15/h3-5,9H,6-8,10H2,1-2H3,(H2,18,23)(H,19,20,21,22). The number of amides is 1. The van der Waals surface area contributed by atoms with Gasteiger partial charge in [-0.1, -0.05) is 32.1 Å². The first-order chi connectivity index (χ1) is 10.9. The fourth-order valence-corrected chi connectivity index (χ4v) is 2.95. The van der Waals surface area contributed by atoms with Crippen LogP contribution in [0.25, 0.3) is 5.57 Å². The molecule has 120 valence electrons. The second-order valence-corrected chi connectivity index (χ2v) is 6.87. The third-order valence-corrected chi connectivity index (χ3v) is 4.43. The number of carbonyl (C=O) groups excluding carboxylic acids is 1. The number of nitrogens with zero attached hydrogens (tertiary/aromatic N) is 3. The van der Waals surface area contributed by atoms with Crippen LogP contribution in [0.2, 0.25) is 0 Å². The summed E-state index contributed by atoms with van der Waals surface area (Å²) in [5.41, 5.74) is 9.65. The Bertz CT molecular complexity index is 746. The van der Waals surface area contributed by atoms with E-state index in [0.29, 0.717) is 23.2 Å². The Morgan fingerprint density at radius 1 is 1.39 bits per heavy atom. The van der Waals surface area contributed by atoms with Crippen molar-refractivity contribution >= 4 is 11.5 Å². The number of nitrogens with one attached hydrogen (secondary N) is 1. The van der Waals surface area contributed by atoms with Gasteiger partial charge in [-0.2, -0.15) is 0 Å². The number of aromatic nitrogens is 4. The van der Waals surface area contributed by atoms with Crippen LogP contribution in [0.4, 0.5) is 0 Å². The molecule has 1 aromatic heterocycles. The molecule has 1 aliphatic carbocycles. The second-order valence-electron chi connectivity index (χ2n) is 6.87. The lowest BCUT2D eigenvalue weighted by Crippen LogP contribution is -2.17. The monoisotopic (exact) mass is 311 g/mol. The van der Waals surface area contributed by atoms with Gasteiger partial charge in [-0.15, -0.1) is 5.10 Å². The van der Waals surface area contributed by atoms with E-state index in [2.05, 4.69) is 40.5 Å². The topological polar surface area (TPSA) is 97.6 Å². The largest absolute Gasteiger partial charge is 0.366 e. The number of aromatic amines is 1. The Labute approximate surface area is 135 Å². The van der Waals surface area contributed by atoms with Gasteiger partial charge in [-0.05, 0) is 57.9 Å². The maximum absolute atomic E-state index is 11.8. The first-order valence-corrected chi connectivity index (χ1v) is 7.79. The molecule has 0 atom stereocenters. The molecule has 0 aliphatic heterocycles. The summed E-state index contributed by atoms with van der Waals surface area (Å²) in [6.07, 6.45) is 5.91. The van der Waals surface area contributed by atoms with E-state index >= 15 is 0 Å². The van der Waals surface area contributed by atoms with Gasteiger partial charge in [0, 0.05) is 12.0 Å². The summed E-state index contributed by atoms with van der Waals surface area (Å²) in [6.45, 7) is 4.53. The molecule has 1 amide bonds. The molecule has 0 radical (unpaired) electrons. The lowest BCUT2D eigenvalue weighted by Gasteiger charge is -2.29. The van der Waals surface area contributed by atoms with Crippen LogP contribution in [0.1, 0.15) is 60.4 Å². The Kier molecular flexibility index (Phi) is 3.98. The van der Waals surface area contributed by atoms with Crippen molar-refractivity contribution in [3.8, 4) is 0 Å². The maximum atomic E-state index is 11.8. The lowest BCUT2D eigenvalue weighted by molar-refractivity contribution is 0.1000. The van der Waals surface area contributed by atoms with Crippen molar-refractivity contribution in [2.45, 2.75) is 39.5 Å². The van der Waals surface area contributed by atoms with Crippen LogP contribution in [-0.2, 0) is 6.42 Å². The summed E-state index contributed by atoms with van der Waals surface area (Å²) in [7, 11) is 0. The number of benzene rings is 1. The van der Waals surface area contributed by atoms with Crippen molar-refractivity contribution in [2.24, 2.45) is 11.1 Å². The minimum Gasteiger partial charge on any atom is -0.366 e. The molecule has 1 aromatic carbocycles. The molecule has 0 saturated heterocycles. The molecule has 23 heavy (non-hydrogen) atoms. The number of carbonyl (C=O) groups is 1. The minimum absolute atomic E-state index is 0.319. The molecule has 1 heterocycles. The van der Waals surface area contributed by atoms with Crippen LogP contribution in [0.3, 0.4) is 0 Å². The van der Waals surface area contributed by atoms with E-state index in [4.69, 9.17) is 5.73 Å². The van der Waals surface area contributed by atoms with Crippen LogP contribution in [0, 0.1) is 5.41 Å². The third kappa shape index (κ3) is 3.47. The molecule has 0 saturated carbocycles. The summed E-state index contributed by atoms with van der Waals surface area (Å²) in [4.78, 5) is 11.8. The van der Waals surface area contributed by atoms with Crippen LogP contribution >= 0.6 is 0 Å². The number of tetrazole rings is 1. The highest BCUT2D eigenvalue weighted by molar-refractivity contribution is 5.98. The normalized spacial score (nSPS) is 16.9. The number of allylic oxidation sites excluding steroid dienone is 2. The van der Waals surface area contributed by atoms with Gasteiger partial charge >= 0.3 is 0 Å². The SMILES string of the molecule is CC1(C)CC=C(c2cc(Cc3nnn[nH]3)ccc2C(N)=O)CC1. The van der Waals surface area contributed by atoms with Crippen LogP contribution < -0.4 is 5.73 Å². The van der Waals surface area contributed by atoms with Crippen molar-refractivity contribution in [2.75, 3.05) is 0 Å². The number of hydrogen-bond donors (Lipinski definition) is 2. The summed E-state index contributed by atoms with van der Waals surface area (Å²) >= 11 is 0. The molecular weight excluding hydrogens is 290 g/mol. The average molecular weight is 311 g/mol. The molecule has 0 bridgehead atoms. The molecule has 1 aliphatic rings. The molecular formula is C17H21N5O. The van der Waals surface area contributed by atoms with Gasteiger partial charge in [0.05, 0.1) is 0 Å². The van der Waals surface area contributed by atoms with Gasteiger partial charge in [-0.3, -0.25) is 4.79 Å². The van der Waals surface area contributed by atoms with Crippen molar-refractivity contribution in [1.29, 1.82) is 0 Å². The van der Waals surface area contributed by atoms with E-state index in [9.17, 15) is 4.79 Å². The number of hydrogen-bond acceptors (Lipinski definition) is 4. The summed E-state index contributed by atoms with van der Waals surface area (Å²) in [5, 5.41) is 13.8. The quantitative estimate of drug-likeness (QED) is 0.906. The molecule has 6 nitrogen and oxygen atoms in total. The summed E-state index contributed by atoms with van der Waals surface area (Å²) in [6, 6.07) is 5.74. The van der Waals surface area contributed by atoms with Gasteiger partial charge < -0.3 is 5.73 Å². The Morgan fingerprint density at radius 3 is 2.83 bits per heavy atom. The van der Waals surface area contributed by atoms with Crippen LogP contribution in [0.15, 0.2) is 24.3 Å². The third-order valence-electron chi connectivity index (χ3n) is 4.43. The van der Waals surface area contributed by atoms with E-state index in [1.54, 1.807) is 6.07 Å². The van der Waals surface area contributed by atoms with E-state index in [-0.39, 0.29) is 0 Å². The van der Waals surface area contributed by atoms with Gasteiger partial charge in [0.2, 0.25) is 5.91 Å². The first kappa shape index (κ1) is 15.4. The molecule has 2 aromatic rings. The van der Waals surface area contributed by atoms with E-state index in [1.807, 2.05) is 12.1 Å². The van der Waals surface area contributed by atoms with E-state index in [0.717, 1.165) is 30.4 Å². The van der Waals surface area contributed by atoms with Crippen molar-refractivity contribution in [1.82, 2.24) is 20.6 Å². The summed E-state index contributed by atoms with van der Waals surface area (Å²) in [5.74, 6) is 0.306. The van der Waals surface area contributed by atoms with Crippen LogP contribution in [-0.4, -0.2) is 26.5 Å². The lowest BCUT2D eigenvalue weighted by atomic mass is 9.76. The highest BCUT2D eigenvalue weighted by atomic mass is 16.1. The number of rotatable bonds is 4.